The summed E-state index contributed by atoms with van der Waals surface area (Å²) < 4.78 is 34.9. The summed E-state index contributed by atoms with van der Waals surface area (Å²) in [4.78, 5) is 19.0. The summed E-state index contributed by atoms with van der Waals surface area (Å²) >= 11 is 0. The van der Waals surface area contributed by atoms with Crippen molar-refractivity contribution < 1.29 is 23.1 Å². The maximum atomic E-state index is 14.5. The first kappa shape index (κ1) is 29.5. The van der Waals surface area contributed by atoms with Crippen molar-refractivity contribution in [3.8, 4) is 0 Å². The summed E-state index contributed by atoms with van der Waals surface area (Å²) in [5.74, 6) is -1.47. The second-order valence-corrected chi connectivity index (χ2v) is 14.4. The Morgan fingerprint density at radius 2 is 1.53 bits per heavy atom. The fourth-order valence-electron chi connectivity index (χ4n) is 7.45. The van der Waals surface area contributed by atoms with Crippen LogP contribution in [0, 0.1) is 11.3 Å². The fourth-order valence-corrected chi connectivity index (χ4v) is 9.25. The number of carbonyl (C=O) groups is 1. The molecule has 1 saturated carbocycles. The molecule has 1 aliphatic heterocycles. The van der Waals surface area contributed by atoms with E-state index in [0.717, 1.165) is 22.9 Å². The highest BCUT2D eigenvalue weighted by molar-refractivity contribution is 7.91. The van der Waals surface area contributed by atoms with E-state index in [4.69, 9.17) is 4.74 Å². The first-order valence-electron chi connectivity index (χ1n) is 15.3. The Morgan fingerprint density at radius 1 is 0.884 bits per heavy atom. The molecule has 1 saturated heterocycles. The molecular weight excluding hydrogens is 558 g/mol. The van der Waals surface area contributed by atoms with Crippen LogP contribution in [0.15, 0.2) is 102 Å². The Hall–Kier alpha value is -3.55. The number of para-hydroxylation sites is 1. The number of nitrogens with zero attached hydrogens (tertiary/aromatic N) is 1. The van der Waals surface area contributed by atoms with E-state index in [1.807, 2.05) is 73.7 Å². The topological polar surface area (TPSA) is 93.6 Å². The maximum absolute atomic E-state index is 14.5. The third-order valence-corrected chi connectivity index (χ3v) is 11.7. The number of aryl methyl sites for hydroxylation is 1. The number of pyridine rings is 1. The van der Waals surface area contributed by atoms with Gasteiger partial charge in [-0.2, -0.15) is 0 Å². The van der Waals surface area contributed by atoms with Crippen LogP contribution >= 0.6 is 0 Å². The number of ether oxygens (including phenoxy) is 1. The van der Waals surface area contributed by atoms with Crippen molar-refractivity contribution in [2.45, 2.75) is 74.5 Å². The van der Waals surface area contributed by atoms with Gasteiger partial charge < -0.3 is 9.84 Å². The zero-order chi connectivity index (χ0) is 30.3. The van der Waals surface area contributed by atoms with Gasteiger partial charge in [0.05, 0.1) is 22.8 Å². The van der Waals surface area contributed by atoms with Crippen LogP contribution in [0.4, 0.5) is 0 Å². The highest BCUT2D eigenvalue weighted by Crippen LogP contribution is 2.61. The summed E-state index contributed by atoms with van der Waals surface area (Å²) in [5, 5.41) is 13.5. The second-order valence-electron chi connectivity index (χ2n) is 12.5. The van der Waals surface area contributed by atoms with E-state index in [1.165, 1.54) is 6.07 Å². The van der Waals surface area contributed by atoms with Crippen LogP contribution in [0.1, 0.15) is 57.1 Å². The molecule has 224 valence electrons. The van der Waals surface area contributed by atoms with Crippen molar-refractivity contribution in [1.29, 1.82) is 0 Å². The van der Waals surface area contributed by atoms with Gasteiger partial charge in [0.15, 0.2) is 14.9 Å². The largest absolute Gasteiger partial charge is 0.457 e. The van der Waals surface area contributed by atoms with Gasteiger partial charge in [0.25, 0.3) is 0 Å². The van der Waals surface area contributed by atoms with E-state index < -0.39 is 44.1 Å². The van der Waals surface area contributed by atoms with Crippen LogP contribution in [0.5, 0.6) is 0 Å². The normalized spacial score (nSPS) is 27.6. The number of aliphatic hydroxyl groups excluding tert-OH is 1. The van der Waals surface area contributed by atoms with Gasteiger partial charge >= 0.3 is 5.97 Å². The monoisotopic (exact) mass is 597 g/mol. The van der Waals surface area contributed by atoms with Crippen molar-refractivity contribution in [2.24, 2.45) is 11.3 Å². The molecule has 0 spiro atoms. The van der Waals surface area contributed by atoms with Gasteiger partial charge in [-0.1, -0.05) is 92.2 Å². The van der Waals surface area contributed by atoms with Crippen LogP contribution in [0.3, 0.4) is 0 Å². The number of cyclic esters (lactones) is 1. The predicted molar refractivity (Wildman–Crippen MR) is 167 cm³/mol. The Labute approximate surface area is 254 Å². The number of esters is 1. The maximum Gasteiger partial charge on any atom is 0.316 e. The van der Waals surface area contributed by atoms with Gasteiger partial charge in [0.2, 0.25) is 0 Å². The number of benzene rings is 3. The van der Waals surface area contributed by atoms with Crippen molar-refractivity contribution in [3.05, 3.63) is 108 Å². The molecule has 2 heterocycles. The number of carbonyl (C=O) groups excluding carboxylic acids is 1. The summed E-state index contributed by atoms with van der Waals surface area (Å²) in [6.07, 6.45) is 2.43. The lowest BCUT2D eigenvalue weighted by molar-refractivity contribution is -0.233. The predicted octanol–water partition coefficient (Wildman–Crippen LogP) is 6.45. The quantitative estimate of drug-likeness (QED) is 0.211. The van der Waals surface area contributed by atoms with Gasteiger partial charge in [0, 0.05) is 5.39 Å². The third kappa shape index (κ3) is 4.96. The molecule has 6 nitrogen and oxygen atoms in total. The third-order valence-electron chi connectivity index (χ3n) is 9.96. The molecule has 43 heavy (non-hydrogen) atoms. The molecule has 1 aliphatic carbocycles. The standard InChI is InChI=1S/C36H39NO5S/c1-3-23-35(24-22-26-12-6-4-7-13-26)34(2,28-15-8-5-9-16-28)32(38)36(29-19-20-29,33(39)42-35)25-43(40,41)31-21-18-27-14-10-11-17-30(27)37-31/h4-18,21,29,32,38H,3,19-20,22-25H2,1-2H3. The lowest BCUT2D eigenvalue weighted by Gasteiger charge is -2.60. The molecule has 0 amide bonds. The van der Waals surface area contributed by atoms with E-state index in [2.05, 4.69) is 24.0 Å². The van der Waals surface area contributed by atoms with Crippen LogP contribution in [-0.4, -0.2) is 41.9 Å². The van der Waals surface area contributed by atoms with Gasteiger partial charge in [-0.3, -0.25) is 4.79 Å². The summed E-state index contributed by atoms with van der Waals surface area (Å²) in [5.41, 5.74) is -1.22. The van der Waals surface area contributed by atoms with E-state index in [-0.39, 0.29) is 10.9 Å². The minimum atomic E-state index is -4.09. The first-order valence-corrected chi connectivity index (χ1v) is 16.9. The average Bonchev–Trinajstić information content (AvgIpc) is 3.88. The Balaban J connectivity index is 1.47. The molecule has 2 fully saturated rings. The lowest BCUT2D eigenvalue weighted by Crippen LogP contribution is -2.72. The molecular formula is C36H39NO5S. The number of aliphatic hydroxyl groups is 1. The number of fused-ring (bicyclic) bond motifs is 1. The van der Waals surface area contributed by atoms with Crippen LogP contribution < -0.4 is 0 Å². The number of hydrogen-bond donors (Lipinski definition) is 1. The first-order chi connectivity index (χ1) is 20.7. The van der Waals surface area contributed by atoms with E-state index in [0.29, 0.717) is 37.6 Å². The smallest absolute Gasteiger partial charge is 0.316 e. The average molecular weight is 598 g/mol. The highest BCUT2D eigenvalue weighted by Gasteiger charge is 2.72. The fraction of sp³-hybridized carbons (Fsp3) is 0.389. The molecule has 0 radical (unpaired) electrons. The zero-order valence-electron chi connectivity index (χ0n) is 24.8. The zero-order valence-corrected chi connectivity index (χ0v) is 25.6. The molecule has 4 aromatic rings. The molecule has 4 atom stereocenters. The van der Waals surface area contributed by atoms with Crippen molar-refractivity contribution in [3.63, 3.8) is 0 Å². The molecule has 2 aliphatic rings. The summed E-state index contributed by atoms with van der Waals surface area (Å²) in [7, 11) is -4.09. The second kappa shape index (κ2) is 11.2. The van der Waals surface area contributed by atoms with Gasteiger partial charge in [0.1, 0.15) is 11.0 Å². The number of hydrogen-bond acceptors (Lipinski definition) is 6. The van der Waals surface area contributed by atoms with Crippen molar-refractivity contribution in [2.75, 3.05) is 5.75 Å². The summed E-state index contributed by atoms with van der Waals surface area (Å²) in [6, 6.07) is 30.3. The van der Waals surface area contributed by atoms with Gasteiger partial charge in [-0.05, 0) is 74.3 Å². The Bertz CT molecular complexity index is 1720. The van der Waals surface area contributed by atoms with E-state index in [1.54, 1.807) is 12.1 Å². The van der Waals surface area contributed by atoms with Gasteiger partial charge in [-0.15, -0.1) is 0 Å². The van der Waals surface area contributed by atoms with Crippen LogP contribution in [-0.2, 0) is 31.2 Å². The minimum Gasteiger partial charge on any atom is -0.457 e. The molecule has 6 rings (SSSR count). The van der Waals surface area contributed by atoms with Crippen molar-refractivity contribution >= 4 is 26.7 Å². The van der Waals surface area contributed by atoms with Crippen LogP contribution in [0.25, 0.3) is 10.9 Å². The molecule has 1 N–H and O–H groups in total. The van der Waals surface area contributed by atoms with Gasteiger partial charge in [-0.25, -0.2) is 13.4 Å². The molecule has 3 aromatic carbocycles. The van der Waals surface area contributed by atoms with Crippen molar-refractivity contribution in [1.82, 2.24) is 4.98 Å². The van der Waals surface area contributed by atoms with Crippen LogP contribution in [0.2, 0.25) is 0 Å². The molecule has 4 unspecified atom stereocenters. The highest BCUT2D eigenvalue weighted by atomic mass is 32.2. The molecule has 1 aromatic heterocycles. The number of sulfone groups is 1. The molecule has 0 bridgehead atoms. The minimum absolute atomic E-state index is 0.0953. The SMILES string of the molecule is CCCC1(CCc2ccccc2)OC(=O)C(CS(=O)(=O)c2ccc3ccccc3n2)(C2CC2)C(O)C1(C)c1ccccc1. The lowest BCUT2D eigenvalue weighted by atomic mass is 9.53. The Morgan fingerprint density at radius 3 is 2.21 bits per heavy atom. The van der Waals surface area contributed by atoms with E-state index in [9.17, 15) is 18.3 Å². The number of aromatic nitrogens is 1. The number of rotatable bonds is 10. The molecule has 7 heteroatoms. The van der Waals surface area contributed by atoms with E-state index >= 15 is 0 Å². The Kier molecular flexibility index (Phi) is 7.68. The summed E-state index contributed by atoms with van der Waals surface area (Å²) in [6.45, 7) is 4.02.